The van der Waals surface area contributed by atoms with Gasteiger partial charge in [-0.1, -0.05) is 0 Å². The maximum Gasteiger partial charge on any atom is 0.161 e. The van der Waals surface area contributed by atoms with E-state index in [9.17, 15) is 0 Å². The Bertz CT molecular complexity index is 434. The number of ether oxygens (including phenoxy) is 2. The largest absolute Gasteiger partial charge is 0.493 e. The van der Waals surface area contributed by atoms with Crippen molar-refractivity contribution in [2.24, 2.45) is 5.73 Å². The molecular weight excluding hydrogens is 240 g/mol. The van der Waals surface area contributed by atoms with Crippen molar-refractivity contribution in [1.29, 1.82) is 0 Å². The summed E-state index contributed by atoms with van der Waals surface area (Å²) < 4.78 is 10.7. The van der Waals surface area contributed by atoms with Gasteiger partial charge in [-0.2, -0.15) is 0 Å². The van der Waals surface area contributed by atoms with E-state index in [4.69, 9.17) is 15.2 Å². The summed E-state index contributed by atoms with van der Waals surface area (Å²) in [6, 6.07) is 4.65. The van der Waals surface area contributed by atoms with E-state index < -0.39 is 0 Å². The van der Waals surface area contributed by atoms with E-state index in [2.05, 4.69) is 17.9 Å². The third kappa shape index (κ3) is 3.01. The molecule has 0 aliphatic carbocycles. The van der Waals surface area contributed by atoms with Crippen molar-refractivity contribution in [1.82, 2.24) is 4.90 Å². The number of benzene rings is 1. The van der Waals surface area contributed by atoms with Crippen molar-refractivity contribution >= 4 is 0 Å². The van der Waals surface area contributed by atoms with Crippen LogP contribution in [-0.2, 0) is 6.54 Å². The van der Waals surface area contributed by atoms with Crippen LogP contribution in [0.25, 0.3) is 0 Å². The average Bonchev–Trinajstić information content (AvgIpc) is 2.87. The molecule has 0 amide bonds. The number of methoxy groups -OCH3 is 2. The minimum Gasteiger partial charge on any atom is -0.493 e. The molecule has 0 bridgehead atoms. The van der Waals surface area contributed by atoms with E-state index in [0.29, 0.717) is 6.04 Å². The molecule has 1 saturated heterocycles. The highest BCUT2D eigenvalue weighted by Crippen LogP contribution is 2.31. The van der Waals surface area contributed by atoms with Gasteiger partial charge in [0.15, 0.2) is 11.5 Å². The van der Waals surface area contributed by atoms with Gasteiger partial charge in [0.05, 0.1) is 14.2 Å². The molecule has 2 N–H and O–H groups in total. The van der Waals surface area contributed by atoms with Gasteiger partial charge in [0.2, 0.25) is 0 Å². The summed E-state index contributed by atoms with van der Waals surface area (Å²) in [6.07, 6.45) is 2.46. The van der Waals surface area contributed by atoms with Crippen molar-refractivity contribution in [3.8, 4) is 11.5 Å². The molecule has 2 rings (SSSR count). The van der Waals surface area contributed by atoms with Crippen LogP contribution in [0.1, 0.15) is 24.0 Å². The fourth-order valence-corrected chi connectivity index (χ4v) is 2.78. The first-order valence-corrected chi connectivity index (χ1v) is 6.85. The molecule has 0 aromatic heterocycles. The number of rotatable bonds is 5. The zero-order chi connectivity index (χ0) is 13.8. The zero-order valence-electron chi connectivity index (χ0n) is 12.1. The summed E-state index contributed by atoms with van der Waals surface area (Å²) in [7, 11) is 3.34. The standard InChI is InChI=1S/C15H24N2O2/c1-11-7-14(18-2)15(19-3)8-12(11)10-17-6-4-5-13(17)9-16/h7-8,13H,4-6,9-10,16H2,1-3H3. The third-order valence-electron chi connectivity index (χ3n) is 3.99. The summed E-state index contributed by atoms with van der Waals surface area (Å²) in [6.45, 7) is 4.93. The molecule has 19 heavy (non-hydrogen) atoms. The van der Waals surface area contributed by atoms with E-state index >= 15 is 0 Å². The Kier molecular flexibility index (Phi) is 4.66. The predicted molar refractivity (Wildman–Crippen MR) is 76.8 cm³/mol. The first kappa shape index (κ1) is 14.2. The summed E-state index contributed by atoms with van der Waals surface area (Å²) in [5, 5.41) is 0. The van der Waals surface area contributed by atoms with Crippen LogP contribution in [0.15, 0.2) is 12.1 Å². The lowest BCUT2D eigenvalue weighted by atomic mass is 10.1. The number of hydrogen-bond donors (Lipinski definition) is 1. The monoisotopic (exact) mass is 264 g/mol. The lowest BCUT2D eigenvalue weighted by molar-refractivity contribution is 0.249. The Morgan fingerprint density at radius 3 is 2.58 bits per heavy atom. The van der Waals surface area contributed by atoms with Crippen molar-refractivity contribution in [3.63, 3.8) is 0 Å². The molecule has 0 spiro atoms. The molecule has 1 aromatic carbocycles. The summed E-state index contributed by atoms with van der Waals surface area (Å²) in [4.78, 5) is 2.47. The average molecular weight is 264 g/mol. The van der Waals surface area contributed by atoms with Crippen LogP contribution in [0.4, 0.5) is 0 Å². The number of nitrogens with two attached hydrogens (primary N) is 1. The lowest BCUT2D eigenvalue weighted by Gasteiger charge is -2.24. The van der Waals surface area contributed by atoms with Crippen LogP contribution in [0.2, 0.25) is 0 Å². The van der Waals surface area contributed by atoms with Gasteiger partial charge in [0, 0.05) is 19.1 Å². The second-order valence-corrected chi connectivity index (χ2v) is 5.14. The minimum absolute atomic E-state index is 0.521. The number of likely N-dealkylation sites (tertiary alicyclic amines) is 1. The fourth-order valence-electron chi connectivity index (χ4n) is 2.78. The van der Waals surface area contributed by atoms with E-state index in [1.54, 1.807) is 14.2 Å². The zero-order valence-corrected chi connectivity index (χ0v) is 12.1. The molecule has 4 heteroatoms. The molecule has 4 nitrogen and oxygen atoms in total. The van der Waals surface area contributed by atoms with E-state index in [0.717, 1.165) is 31.1 Å². The second kappa shape index (κ2) is 6.26. The summed E-state index contributed by atoms with van der Waals surface area (Å²) >= 11 is 0. The summed E-state index contributed by atoms with van der Waals surface area (Å²) in [5.41, 5.74) is 8.36. The van der Waals surface area contributed by atoms with Gasteiger partial charge in [-0.05, 0) is 49.6 Å². The third-order valence-corrected chi connectivity index (χ3v) is 3.99. The fraction of sp³-hybridized carbons (Fsp3) is 0.600. The highest BCUT2D eigenvalue weighted by atomic mass is 16.5. The molecule has 0 radical (unpaired) electrons. The molecule has 0 saturated carbocycles. The number of hydrogen-bond acceptors (Lipinski definition) is 4. The van der Waals surface area contributed by atoms with Crippen LogP contribution >= 0.6 is 0 Å². The molecule has 1 heterocycles. The molecule has 1 aromatic rings. The van der Waals surface area contributed by atoms with Crippen molar-refractivity contribution in [3.05, 3.63) is 23.3 Å². The first-order valence-electron chi connectivity index (χ1n) is 6.85. The van der Waals surface area contributed by atoms with Gasteiger partial charge >= 0.3 is 0 Å². The van der Waals surface area contributed by atoms with Gasteiger partial charge < -0.3 is 15.2 Å². The number of aryl methyl sites for hydroxylation is 1. The molecular formula is C15H24N2O2. The lowest BCUT2D eigenvalue weighted by Crippen LogP contribution is -2.35. The Morgan fingerprint density at radius 1 is 1.26 bits per heavy atom. The Balaban J connectivity index is 2.20. The molecule has 106 valence electrons. The SMILES string of the molecule is COc1cc(C)c(CN2CCCC2CN)cc1OC. The van der Waals surface area contributed by atoms with Crippen LogP contribution in [-0.4, -0.2) is 38.3 Å². The molecule has 1 fully saturated rings. The quantitative estimate of drug-likeness (QED) is 0.883. The Labute approximate surface area is 115 Å². The molecule has 1 unspecified atom stereocenters. The smallest absolute Gasteiger partial charge is 0.161 e. The second-order valence-electron chi connectivity index (χ2n) is 5.14. The Morgan fingerprint density at radius 2 is 1.95 bits per heavy atom. The maximum atomic E-state index is 5.83. The Hall–Kier alpha value is -1.26. The van der Waals surface area contributed by atoms with Crippen molar-refractivity contribution in [2.75, 3.05) is 27.3 Å². The van der Waals surface area contributed by atoms with Gasteiger partial charge in [-0.15, -0.1) is 0 Å². The van der Waals surface area contributed by atoms with Gasteiger partial charge in [0.25, 0.3) is 0 Å². The van der Waals surface area contributed by atoms with Gasteiger partial charge in [-0.3, -0.25) is 4.90 Å². The first-order chi connectivity index (χ1) is 9.19. The topological polar surface area (TPSA) is 47.7 Å². The van der Waals surface area contributed by atoms with Crippen molar-refractivity contribution in [2.45, 2.75) is 32.4 Å². The van der Waals surface area contributed by atoms with E-state index in [1.165, 1.54) is 24.0 Å². The maximum absolute atomic E-state index is 5.83. The van der Waals surface area contributed by atoms with Crippen LogP contribution in [0, 0.1) is 6.92 Å². The van der Waals surface area contributed by atoms with Crippen LogP contribution in [0.3, 0.4) is 0 Å². The van der Waals surface area contributed by atoms with Gasteiger partial charge in [-0.25, -0.2) is 0 Å². The van der Waals surface area contributed by atoms with Crippen LogP contribution < -0.4 is 15.2 Å². The molecule has 1 atom stereocenters. The van der Waals surface area contributed by atoms with Gasteiger partial charge in [0.1, 0.15) is 0 Å². The minimum atomic E-state index is 0.521. The van der Waals surface area contributed by atoms with E-state index in [-0.39, 0.29) is 0 Å². The summed E-state index contributed by atoms with van der Waals surface area (Å²) in [5.74, 6) is 1.59. The van der Waals surface area contributed by atoms with E-state index in [1.807, 2.05) is 6.07 Å². The molecule has 1 aliphatic rings. The number of nitrogens with zero attached hydrogens (tertiary/aromatic N) is 1. The van der Waals surface area contributed by atoms with Crippen molar-refractivity contribution < 1.29 is 9.47 Å². The highest BCUT2D eigenvalue weighted by molar-refractivity contribution is 5.47. The normalized spacial score (nSPS) is 19.7. The molecule has 1 aliphatic heterocycles. The van der Waals surface area contributed by atoms with Crippen LogP contribution in [0.5, 0.6) is 11.5 Å². The highest BCUT2D eigenvalue weighted by Gasteiger charge is 2.23. The predicted octanol–water partition coefficient (Wildman–Crippen LogP) is 1.94.